The van der Waals surface area contributed by atoms with Crippen LogP contribution >= 0.6 is 11.8 Å². The van der Waals surface area contributed by atoms with Gasteiger partial charge in [-0.3, -0.25) is 0 Å². The number of aryl methyl sites for hydroxylation is 1. The Hall–Kier alpha value is -0.950. The monoisotopic (exact) mass is 230 g/mol. The highest BCUT2D eigenvalue weighted by Crippen LogP contribution is 2.34. The van der Waals surface area contributed by atoms with Gasteiger partial charge in [-0.1, -0.05) is 42.0 Å². The van der Waals surface area contributed by atoms with Crippen molar-refractivity contribution in [2.75, 3.05) is 5.75 Å². The van der Waals surface area contributed by atoms with Crippen LogP contribution in [0.3, 0.4) is 0 Å². The highest BCUT2D eigenvalue weighted by atomic mass is 32.2. The average Bonchev–Trinajstić information content (AvgIpc) is 2.29. The number of rotatable bonds is 3. The van der Waals surface area contributed by atoms with Crippen LogP contribution in [-0.4, -0.2) is 5.75 Å². The second-order valence-electron chi connectivity index (χ2n) is 4.36. The zero-order valence-electron chi connectivity index (χ0n) is 9.99. The van der Waals surface area contributed by atoms with Gasteiger partial charge in [0.1, 0.15) is 0 Å². The number of hydrogen-bond donors (Lipinski definition) is 0. The Labute approximate surface area is 102 Å². The third kappa shape index (κ3) is 2.79. The quantitative estimate of drug-likeness (QED) is 0.680. The van der Waals surface area contributed by atoms with Gasteiger partial charge in [0.2, 0.25) is 0 Å². The molecule has 0 amide bonds. The van der Waals surface area contributed by atoms with Gasteiger partial charge in [-0.25, -0.2) is 0 Å². The molecule has 0 aliphatic heterocycles. The number of fused-ring (bicyclic) bond motifs is 1. The first-order chi connectivity index (χ1) is 7.77. The van der Waals surface area contributed by atoms with Gasteiger partial charge < -0.3 is 0 Å². The van der Waals surface area contributed by atoms with Crippen LogP contribution in [-0.2, 0) is 6.42 Å². The fourth-order valence-corrected chi connectivity index (χ4v) is 3.07. The predicted molar refractivity (Wildman–Crippen MR) is 74.6 cm³/mol. The third-order valence-electron chi connectivity index (χ3n) is 2.76. The molecule has 0 nitrogen and oxygen atoms in total. The van der Waals surface area contributed by atoms with Crippen molar-refractivity contribution >= 4 is 16.7 Å². The molecule has 1 aliphatic rings. The lowest BCUT2D eigenvalue weighted by atomic mass is 9.97. The lowest BCUT2D eigenvalue weighted by molar-refractivity contribution is 0.983. The zero-order valence-corrected chi connectivity index (χ0v) is 10.8. The van der Waals surface area contributed by atoms with Crippen LogP contribution in [0.15, 0.2) is 42.0 Å². The van der Waals surface area contributed by atoms with Gasteiger partial charge >= 0.3 is 0 Å². The summed E-state index contributed by atoms with van der Waals surface area (Å²) in [5.74, 6) is 1.09. The molecule has 0 saturated carbocycles. The van der Waals surface area contributed by atoms with Gasteiger partial charge in [-0.2, -0.15) is 0 Å². The number of thioether (sulfide) groups is 1. The van der Waals surface area contributed by atoms with Gasteiger partial charge in [-0.15, -0.1) is 11.8 Å². The van der Waals surface area contributed by atoms with E-state index in [1.807, 2.05) is 11.8 Å². The Bertz CT molecular complexity index is 423. The Morgan fingerprint density at radius 1 is 1.31 bits per heavy atom. The Morgan fingerprint density at radius 2 is 2.12 bits per heavy atom. The van der Waals surface area contributed by atoms with Crippen LogP contribution in [0, 0.1) is 0 Å². The van der Waals surface area contributed by atoms with E-state index in [1.165, 1.54) is 34.4 Å². The molecule has 1 aromatic carbocycles. The molecule has 1 heteroatoms. The summed E-state index contributed by atoms with van der Waals surface area (Å²) in [5.41, 5.74) is 4.35. The minimum Gasteiger partial charge on any atom is -0.122 e. The number of allylic oxidation sites excluding steroid dienone is 2. The lowest BCUT2D eigenvalue weighted by Crippen LogP contribution is -1.97. The van der Waals surface area contributed by atoms with Gasteiger partial charge in [0.05, 0.1) is 0 Å². The van der Waals surface area contributed by atoms with Gasteiger partial charge in [-0.05, 0) is 37.8 Å². The van der Waals surface area contributed by atoms with Crippen LogP contribution in [0.1, 0.15) is 31.4 Å². The SMILES string of the molecule is CC(C)=CCSC1=CCCc2ccccc21. The molecule has 0 atom stereocenters. The van der Waals surface area contributed by atoms with E-state index in [1.54, 1.807) is 0 Å². The molecule has 2 rings (SSSR count). The van der Waals surface area contributed by atoms with Crippen molar-refractivity contribution in [2.45, 2.75) is 26.7 Å². The second kappa shape index (κ2) is 5.40. The summed E-state index contributed by atoms with van der Waals surface area (Å²) >= 11 is 1.95. The summed E-state index contributed by atoms with van der Waals surface area (Å²) in [7, 11) is 0. The van der Waals surface area contributed by atoms with E-state index >= 15 is 0 Å². The Kier molecular flexibility index (Phi) is 3.89. The van der Waals surface area contributed by atoms with E-state index in [0.29, 0.717) is 0 Å². The first-order valence-corrected chi connectivity index (χ1v) is 6.80. The molecule has 0 aromatic heterocycles. The second-order valence-corrected chi connectivity index (χ2v) is 5.42. The fourth-order valence-electron chi connectivity index (χ4n) is 1.88. The first-order valence-electron chi connectivity index (χ1n) is 5.82. The molecule has 1 aromatic rings. The molecule has 0 radical (unpaired) electrons. The van der Waals surface area contributed by atoms with Gasteiger partial charge in [0.15, 0.2) is 0 Å². The molecule has 0 bridgehead atoms. The minimum atomic E-state index is 1.09. The molecule has 0 spiro atoms. The normalized spacial score (nSPS) is 14.0. The van der Waals surface area contributed by atoms with Crippen molar-refractivity contribution in [3.8, 4) is 0 Å². The third-order valence-corrected chi connectivity index (χ3v) is 3.79. The topological polar surface area (TPSA) is 0 Å². The van der Waals surface area contributed by atoms with E-state index in [2.05, 4.69) is 50.3 Å². The predicted octanol–water partition coefficient (Wildman–Crippen LogP) is 4.67. The summed E-state index contributed by atoms with van der Waals surface area (Å²) in [6, 6.07) is 8.78. The fraction of sp³-hybridized carbons (Fsp3) is 0.333. The van der Waals surface area contributed by atoms with E-state index in [0.717, 1.165) is 5.75 Å². The molecule has 0 saturated heterocycles. The maximum Gasteiger partial charge on any atom is 0.0163 e. The van der Waals surface area contributed by atoms with E-state index in [9.17, 15) is 0 Å². The maximum atomic E-state index is 2.38. The van der Waals surface area contributed by atoms with Crippen LogP contribution in [0.25, 0.3) is 4.91 Å². The van der Waals surface area contributed by atoms with Crippen molar-refractivity contribution in [1.29, 1.82) is 0 Å². The van der Waals surface area contributed by atoms with Crippen molar-refractivity contribution in [2.24, 2.45) is 0 Å². The van der Waals surface area contributed by atoms with Crippen molar-refractivity contribution in [3.63, 3.8) is 0 Å². The first kappa shape index (κ1) is 11.5. The molecular weight excluding hydrogens is 212 g/mol. The van der Waals surface area contributed by atoms with Crippen LogP contribution in [0.5, 0.6) is 0 Å². The highest BCUT2D eigenvalue weighted by Gasteiger charge is 2.11. The van der Waals surface area contributed by atoms with Crippen LogP contribution in [0.2, 0.25) is 0 Å². The number of benzene rings is 1. The minimum absolute atomic E-state index is 1.09. The average molecular weight is 230 g/mol. The maximum absolute atomic E-state index is 2.38. The summed E-state index contributed by atoms with van der Waals surface area (Å²) in [6.45, 7) is 4.31. The van der Waals surface area contributed by atoms with Crippen molar-refractivity contribution < 1.29 is 0 Å². The van der Waals surface area contributed by atoms with Crippen LogP contribution < -0.4 is 0 Å². The molecule has 16 heavy (non-hydrogen) atoms. The Morgan fingerprint density at radius 3 is 2.94 bits per heavy atom. The molecule has 0 unspecified atom stereocenters. The lowest BCUT2D eigenvalue weighted by Gasteiger charge is -2.16. The van der Waals surface area contributed by atoms with Gasteiger partial charge in [0, 0.05) is 10.7 Å². The smallest absolute Gasteiger partial charge is 0.0163 e. The van der Waals surface area contributed by atoms with E-state index < -0.39 is 0 Å². The summed E-state index contributed by atoms with van der Waals surface area (Å²) in [5, 5.41) is 0. The van der Waals surface area contributed by atoms with Crippen molar-refractivity contribution in [3.05, 3.63) is 53.1 Å². The molecular formula is C15H18S. The molecule has 0 heterocycles. The number of hydrogen-bond acceptors (Lipinski definition) is 1. The molecule has 84 valence electrons. The molecule has 0 N–H and O–H groups in total. The molecule has 1 aliphatic carbocycles. The standard InChI is InChI=1S/C15H18S/c1-12(2)10-11-16-15-9-5-7-13-6-3-4-8-14(13)15/h3-4,6,8-10H,5,7,11H2,1-2H3. The zero-order chi connectivity index (χ0) is 11.4. The van der Waals surface area contributed by atoms with Gasteiger partial charge in [0.25, 0.3) is 0 Å². The summed E-state index contributed by atoms with van der Waals surface area (Å²) < 4.78 is 0. The molecule has 0 fully saturated rings. The summed E-state index contributed by atoms with van der Waals surface area (Å²) in [4.78, 5) is 1.46. The highest BCUT2D eigenvalue weighted by molar-refractivity contribution is 8.08. The summed E-state index contributed by atoms with van der Waals surface area (Å²) in [6.07, 6.45) is 7.06. The van der Waals surface area contributed by atoms with E-state index in [-0.39, 0.29) is 0 Å². The van der Waals surface area contributed by atoms with Crippen molar-refractivity contribution in [1.82, 2.24) is 0 Å². The largest absolute Gasteiger partial charge is 0.122 e. The van der Waals surface area contributed by atoms with E-state index in [4.69, 9.17) is 0 Å². The van der Waals surface area contributed by atoms with Crippen LogP contribution in [0.4, 0.5) is 0 Å². The Balaban J connectivity index is 2.11.